The summed E-state index contributed by atoms with van der Waals surface area (Å²) in [6, 6.07) is 3.72. The molecule has 1 aliphatic carbocycles. The third kappa shape index (κ3) is 5.51. The van der Waals surface area contributed by atoms with E-state index in [1.165, 1.54) is 0 Å². The minimum absolute atomic E-state index is 0.0287. The van der Waals surface area contributed by atoms with Gasteiger partial charge in [0.15, 0.2) is 6.29 Å². The zero-order chi connectivity index (χ0) is 19.1. The molecule has 0 aromatic carbocycles. The van der Waals surface area contributed by atoms with E-state index < -0.39 is 0 Å². The number of piperidine rings is 1. The van der Waals surface area contributed by atoms with Crippen molar-refractivity contribution in [3.05, 3.63) is 23.9 Å². The Hall–Kier alpha value is -1.95. The van der Waals surface area contributed by atoms with Crippen LogP contribution in [0.2, 0.25) is 0 Å². The molecule has 1 saturated carbocycles. The Labute approximate surface area is 161 Å². The highest BCUT2D eigenvalue weighted by molar-refractivity contribution is 5.74. The number of hydrogen-bond donors (Lipinski definition) is 0. The Bertz CT molecular complexity index is 603. The summed E-state index contributed by atoms with van der Waals surface area (Å²) >= 11 is 0. The van der Waals surface area contributed by atoms with Gasteiger partial charge in [0.25, 0.3) is 0 Å². The van der Waals surface area contributed by atoms with Crippen LogP contribution in [0.25, 0.3) is 0 Å². The van der Waals surface area contributed by atoms with Gasteiger partial charge in [0, 0.05) is 31.5 Å². The van der Waals surface area contributed by atoms with Crippen molar-refractivity contribution < 1.29 is 19.1 Å². The molecule has 2 fully saturated rings. The van der Waals surface area contributed by atoms with E-state index in [1.807, 2.05) is 19.1 Å². The number of carbonyl (C=O) groups is 2. The number of anilines is 1. The van der Waals surface area contributed by atoms with Crippen molar-refractivity contribution in [2.45, 2.75) is 51.6 Å². The smallest absolute Gasteiger partial charge is 0.308 e. The minimum Gasteiger partial charge on any atom is -0.466 e. The van der Waals surface area contributed by atoms with Crippen molar-refractivity contribution in [1.29, 1.82) is 0 Å². The van der Waals surface area contributed by atoms with Crippen LogP contribution < -0.4 is 4.90 Å². The Morgan fingerprint density at radius 2 is 1.93 bits per heavy atom. The van der Waals surface area contributed by atoms with Crippen molar-refractivity contribution in [3.63, 3.8) is 0 Å². The Kier molecular flexibility index (Phi) is 7.21. The maximum Gasteiger partial charge on any atom is 0.308 e. The second-order valence-corrected chi connectivity index (χ2v) is 7.56. The zero-order valence-electron chi connectivity index (χ0n) is 16.1. The zero-order valence-corrected chi connectivity index (χ0v) is 16.1. The molecule has 2 aliphatic rings. The summed E-state index contributed by atoms with van der Waals surface area (Å²) < 4.78 is 11.3. The number of hydrogen-bond acceptors (Lipinski definition) is 6. The van der Waals surface area contributed by atoms with Crippen LogP contribution in [0.15, 0.2) is 18.3 Å². The predicted molar refractivity (Wildman–Crippen MR) is 103 cm³/mol. The second-order valence-electron chi connectivity index (χ2n) is 7.56. The lowest BCUT2D eigenvalue weighted by molar-refractivity contribution is -0.149. The quantitative estimate of drug-likeness (QED) is 0.539. The highest BCUT2D eigenvalue weighted by atomic mass is 16.5. The van der Waals surface area contributed by atoms with Gasteiger partial charge in [-0.3, -0.25) is 9.59 Å². The summed E-state index contributed by atoms with van der Waals surface area (Å²) in [5, 5.41) is 0. The van der Waals surface area contributed by atoms with Crippen LogP contribution in [0.4, 0.5) is 5.82 Å². The largest absolute Gasteiger partial charge is 0.466 e. The number of carbonyl (C=O) groups excluding carboxylic acids is 2. The van der Waals surface area contributed by atoms with Gasteiger partial charge in [0.05, 0.1) is 18.6 Å². The molecule has 0 N–H and O–H groups in total. The average molecular weight is 374 g/mol. The number of aldehydes is 1. The molecule has 148 valence electrons. The molecule has 0 atom stereocenters. The van der Waals surface area contributed by atoms with E-state index in [0.717, 1.165) is 70.3 Å². The third-order valence-electron chi connectivity index (χ3n) is 5.71. The van der Waals surface area contributed by atoms with Crippen molar-refractivity contribution >= 4 is 18.1 Å². The molecule has 0 spiro atoms. The molecule has 6 heteroatoms. The normalized spacial score (nSPS) is 23.8. The standard InChI is InChI=1S/C21H30N2O4/c1-2-26-21(25)18-6-3-16(4-7-18)15-27-19-9-11-23(12-10-19)20-8-5-17(14-24)13-22-20/h5,8,13-14,16,18-19H,2-4,6-7,9-12,15H2,1H3. The molecule has 0 amide bonds. The lowest BCUT2D eigenvalue weighted by atomic mass is 9.82. The van der Waals surface area contributed by atoms with Gasteiger partial charge >= 0.3 is 5.97 Å². The molecular weight excluding hydrogens is 344 g/mol. The Morgan fingerprint density at radius 1 is 1.19 bits per heavy atom. The summed E-state index contributed by atoms with van der Waals surface area (Å²) in [6.07, 6.45) is 8.68. The van der Waals surface area contributed by atoms with Crippen LogP contribution in [0.3, 0.4) is 0 Å². The van der Waals surface area contributed by atoms with Gasteiger partial charge in [-0.2, -0.15) is 0 Å². The Balaban J connectivity index is 1.35. The first kappa shape index (κ1) is 19.8. The predicted octanol–water partition coefficient (Wildman–Crippen LogP) is 3.25. The molecule has 1 saturated heterocycles. The second kappa shape index (κ2) is 9.83. The summed E-state index contributed by atoms with van der Waals surface area (Å²) in [5.74, 6) is 1.55. The first-order valence-electron chi connectivity index (χ1n) is 10.1. The molecule has 27 heavy (non-hydrogen) atoms. The molecule has 1 aliphatic heterocycles. The van der Waals surface area contributed by atoms with E-state index in [2.05, 4.69) is 9.88 Å². The van der Waals surface area contributed by atoms with Crippen LogP contribution in [-0.2, 0) is 14.3 Å². The summed E-state index contributed by atoms with van der Waals surface area (Å²) in [5.41, 5.74) is 0.606. The SMILES string of the molecule is CCOC(=O)C1CCC(COC2CCN(c3ccc(C=O)cn3)CC2)CC1. The van der Waals surface area contributed by atoms with Crippen molar-refractivity contribution in [1.82, 2.24) is 4.98 Å². The van der Waals surface area contributed by atoms with Crippen LogP contribution >= 0.6 is 0 Å². The van der Waals surface area contributed by atoms with E-state index in [-0.39, 0.29) is 11.9 Å². The van der Waals surface area contributed by atoms with Crippen molar-refractivity contribution in [2.24, 2.45) is 11.8 Å². The number of pyridine rings is 1. The topological polar surface area (TPSA) is 68.7 Å². The fourth-order valence-corrected chi connectivity index (χ4v) is 4.00. The van der Waals surface area contributed by atoms with Gasteiger partial charge in [-0.15, -0.1) is 0 Å². The van der Waals surface area contributed by atoms with Gasteiger partial charge in [-0.25, -0.2) is 4.98 Å². The summed E-state index contributed by atoms with van der Waals surface area (Å²) in [7, 11) is 0. The van der Waals surface area contributed by atoms with E-state index in [4.69, 9.17) is 9.47 Å². The lowest BCUT2D eigenvalue weighted by Gasteiger charge is -2.34. The van der Waals surface area contributed by atoms with Crippen LogP contribution in [0.5, 0.6) is 0 Å². The van der Waals surface area contributed by atoms with Crippen LogP contribution in [-0.4, -0.2) is 49.6 Å². The summed E-state index contributed by atoms with van der Waals surface area (Å²) in [4.78, 5) is 29.2. The average Bonchev–Trinajstić information content (AvgIpc) is 2.73. The first-order valence-corrected chi connectivity index (χ1v) is 10.1. The highest BCUT2D eigenvalue weighted by Gasteiger charge is 2.28. The number of rotatable bonds is 7. The molecule has 1 aromatic heterocycles. The van der Waals surface area contributed by atoms with Crippen LogP contribution in [0, 0.1) is 11.8 Å². The Morgan fingerprint density at radius 3 is 2.52 bits per heavy atom. The number of esters is 1. The molecule has 6 nitrogen and oxygen atoms in total. The molecular formula is C21H30N2O4. The number of aromatic nitrogens is 1. The number of ether oxygens (including phenoxy) is 2. The third-order valence-corrected chi connectivity index (χ3v) is 5.71. The van der Waals surface area contributed by atoms with Crippen molar-refractivity contribution in [2.75, 3.05) is 31.2 Å². The van der Waals surface area contributed by atoms with Gasteiger partial charge in [-0.1, -0.05) is 0 Å². The van der Waals surface area contributed by atoms with Crippen LogP contribution in [0.1, 0.15) is 55.8 Å². The fourth-order valence-electron chi connectivity index (χ4n) is 4.00. The van der Waals surface area contributed by atoms with Crippen molar-refractivity contribution in [3.8, 4) is 0 Å². The van der Waals surface area contributed by atoms with E-state index in [1.54, 1.807) is 6.20 Å². The maximum absolute atomic E-state index is 11.8. The molecule has 3 rings (SSSR count). The molecule has 1 aromatic rings. The summed E-state index contributed by atoms with van der Waals surface area (Å²) in [6.45, 7) is 4.98. The fraction of sp³-hybridized carbons (Fsp3) is 0.667. The molecule has 0 bridgehead atoms. The van der Waals surface area contributed by atoms with E-state index >= 15 is 0 Å². The maximum atomic E-state index is 11.8. The minimum atomic E-state index is -0.0287. The first-order chi connectivity index (χ1) is 13.2. The highest BCUT2D eigenvalue weighted by Crippen LogP contribution is 2.30. The van der Waals surface area contributed by atoms with E-state index in [0.29, 0.717) is 24.2 Å². The van der Waals surface area contributed by atoms with Gasteiger partial charge in [-0.05, 0) is 63.5 Å². The molecule has 0 radical (unpaired) electrons. The molecule has 0 unspecified atom stereocenters. The van der Waals surface area contributed by atoms with Gasteiger partial charge < -0.3 is 14.4 Å². The van der Waals surface area contributed by atoms with E-state index in [9.17, 15) is 9.59 Å². The lowest BCUT2D eigenvalue weighted by Crippen LogP contribution is -2.38. The monoisotopic (exact) mass is 374 g/mol. The van der Waals surface area contributed by atoms with Gasteiger partial charge in [0.1, 0.15) is 5.82 Å². The van der Waals surface area contributed by atoms with Gasteiger partial charge in [0.2, 0.25) is 0 Å². The number of nitrogens with zero attached hydrogens (tertiary/aromatic N) is 2. The molecule has 2 heterocycles.